The number of rotatable bonds is 4. The standard InChI is InChI=1S/C15H20ClN3O2/c1-11-9-13(16)12(10-18-11)15(21)17-6-5-14(20)19-7-3-2-4-8-19/h9-10H,2-8H2,1H3,(H,17,21). The van der Waals surface area contributed by atoms with Crippen LogP contribution in [-0.2, 0) is 4.79 Å². The molecule has 1 aliphatic rings. The number of carbonyl (C=O) groups is 2. The highest BCUT2D eigenvalue weighted by atomic mass is 35.5. The molecule has 114 valence electrons. The van der Waals surface area contributed by atoms with Crippen LogP contribution in [0.5, 0.6) is 0 Å². The van der Waals surface area contributed by atoms with Crippen LogP contribution in [0.25, 0.3) is 0 Å². The first-order valence-electron chi connectivity index (χ1n) is 7.26. The van der Waals surface area contributed by atoms with Crippen molar-refractivity contribution in [3.63, 3.8) is 0 Å². The number of pyridine rings is 1. The average Bonchev–Trinajstić information content (AvgIpc) is 2.47. The molecule has 1 fully saturated rings. The Hall–Kier alpha value is -1.62. The molecule has 2 rings (SSSR count). The maximum absolute atomic E-state index is 12.0. The molecule has 0 aliphatic carbocycles. The third-order valence-corrected chi connectivity index (χ3v) is 3.88. The SMILES string of the molecule is Cc1cc(Cl)c(C(=O)NCCC(=O)N2CCCCC2)cn1. The zero-order valence-electron chi connectivity index (χ0n) is 12.2. The van der Waals surface area contributed by atoms with E-state index in [9.17, 15) is 9.59 Å². The van der Waals surface area contributed by atoms with Crippen LogP contribution in [0.1, 0.15) is 41.7 Å². The third kappa shape index (κ3) is 4.43. The Labute approximate surface area is 129 Å². The molecule has 6 heteroatoms. The van der Waals surface area contributed by atoms with Gasteiger partial charge in [0.05, 0.1) is 10.6 Å². The van der Waals surface area contributed by atoms with E-state index >= 15 is 0 Å². The summed E-state index contributed by atoms with van der Waals surface area (Å²) in [6.07, 6.45) is 5.12. The number of aryl methyl sites for hydroxylation is 1. The van der Waals surface area contributed by atoms with E-state index in [1.54, 1.807) is 6.07 Å². The Morgan fingerprint density at radius 1 is 1.33 bits per heavy atom. The number of piperidine rings is 1. The quantitative estimate of drug-likeness (QED) is 0.927. The number of likely N-dealkylation sites (tertiary alicyclic amines) is 1. The first-order chi connectivity index (χ1) is 10.1. The lowest BCUT2D eigenvalue weighted by molar-refractivity contribution is -0.131. The van der Waals surface area contributed by atoms with E-state index in [2.05, 4.69) is 10.3 Å². The lowest BCUT2D eigenvalue weighted by Gasteiger charge is -2.26. The third-order valence-electron chi connectivity index (χ3n) is 3.57. The summed E-state index contributed by atoms with van der Waals surface area (Å²) in [6, 6.07) is 1.65. The van der Waals surface area contributed by atoms with Crippen molar-refractivity contribution >= 4 is 23.4 Å². The average molecular weight is 310 g/mol. The summed E-state index contributed by atoms with van der Waals surface area (Å²) in [5, 5.41) is 3.10. The van der Waals surface area contributed by atoms with Crippen LogP contribution in [0.4, 0.5) is 0 Å². The second-order valence-corrected chi connectivity index (χ2v) is 5.66. The van der Waals surface area contributed by atoms with Crippen molar-refractivity contribution in [3.8, 4) is 0 Å². The van der Waals surface area contributed by atoms with Gasteiger partial charge in [-0.1, -0.05) is 11.6 Å². The van der Waals surface area contributed by atoms with Gasteiger partial charge in [-0.15, -0.1) is 0 Å². The highest BCUT2D eigenvalue weighted by molar-refractivity contribution is 6.33. The topological polar surface area (TPSA) is 62.3 Å². The molecule has 1 aromatic rings. The Bertz CT molecular complexity index is 528. The first-order valence-corrected chi connectivity index (χ1v) is 7.64. The predicted octanol–water partition coefficient (Wildman–Crippen LogP) is 2.18. The summed E-state index contributed by atoms with van der Waals surface area (Å²) < 4.78 is 0. The van der Waals surface area contributed by atoms with Crippen molar-refractivity contribution in [3.05, 3.63) is 28.5 Å². The number of aromatic nitrogens is 1. The van der Waals surface area contributed by atoms with Gasteiger partial charge in [0.2, 0.25) is 5.91 Å². The molecular weight excluding hydrogens is 290 g/mol. The fraction of sp³-hybridized carbons (Fsp3) is 0.533. The van der Waals surface area contributed by atoms with Crippen molar-refractivity contribution in [2.45, 2.75) is 32.6 Å². The molecule has 0 atom stereocenters. The van der Waals surface area contributed by atoms with E-state index in [4.69, 9.17) is 11.6 Å². The van der Waals surface area contributed by atoms with Crippen LogP contribution in [0.3, 0.4) is 0 Å². The molecule has 0 saturated carbocycles. The molecule has 0 radical (unpaired) electrons. The Morgan fingerprint density at radius 3 is 2.71 bits per heavy atom. The molecule has 0 bridgehead atoms. The van der Waals surface area contributed by atoms with E-state index in [0.29, 0.717) is 23.6 Å². The molecule has 2 heterocycles. The number of hydrogen-bond acceptors (Lipinski definition) is 3. The molecule has 1 saturated heterocycles. The normalized spacial score (nSPS) is 14.9. The van der Waals surface area contributed by atoms with Gasteiger partial charge >= 0.3 is 0 Å². The molecule has 1 aliphatic heterocycles. The van der Waals surface area contributed by atoms with Gasteiger partial charge in [-0.25, -0.2) is 0 Å². The van der Waals surface area contributed by atoms with Gasteiger partial charge in [0.1, 0.15) is 0 Å². The molecule has 0 spiro atoms. The summed E-state index contributed by atoms with van der Waals surface area (Å²) >= 11 is 6.01. The van der Waals surface area contributed by atoms with E-state index < -0.39 is 0 Å². The van der Waals surface area contributed by atoms with Gasteiger partial charge < -0.3 is 10.2 Å². The van der Waals surface area contributed by atoms with Gasteiger partial charge in [0.25, 0.3) is 5.91 Å². The molecule has 0 aromatic carbocycles. The maximum atomic E-state index is 12.0. The molecule has 5 nitrogen and oxygen atoms in total. The fourth-order valence-corrected chi connectivity index (χ4v) is 2.67. The second kappa shape index (κ2) is 7.41. The summed E-state index contributed by atoms with van der Waals surface area (Å²) in [4.78, 5) is 29.9. The first kappa shape index (κ1) is 15.8. The van der Waals surface area contributed by atoms with Crippen molar-refractivity contribution in [2.24, 2.45) is 0 Å². The molecule has 0 unspecified atom stereocenters. The van der Waals surface area contributed by atoms with Crippen LogP contribution in [0.2, 0.25) is 5.02 Å². The molecule has 1 N–H and O–H groups in total. The van der Waals surface area contributed by atoms with Crippen LogP contribution in [-0.4, -0.2) is 41.3 Å². The molecule has 21 heavy (non-hydrogen) atoms. The molecule has 2 amide bonds. The number of amides is 2. The van der Waals surface area contributed by atoms with Crippen LogP contribution in [0, 0.1) is 6.92 Å². The van der Waals surface area contributed by atoms with Crippen LogP contribution in [0.15, 0.2) is 12.3 Å². The second-order valence-electron chi connectivity index (χ2n) is 5.25. The fourth-order valence-electron chi connectivity index (χ4n) is 2.37. The summed E-state index contributed by atoms with van der Waals surface area (Å²) in [5.41, 5.74) is 1.10. The van der Waals surface area contributed by atoms with E-state index in [1.165, 1.54) is 12.6 Å². The lowest BCUT2D eigenvalue weighted by Crippen LogP contribution is -2.37. The maximum Gasteiger partial charge on any atom is 0.254 e. The van der Waals surface area contributed by atoms with Gasteiger partial charge in [0.15, 0.2) is 0 Å². The van der Waals surface area contributed by atoms with Crippen molar-refractivity contribution in [1.82, 2.24) is 15.2 Å². The van der Waals surface area contributed by atoms with Crippen molar-refractivity contribution in [2.75, 3.05) is 19.6 Å². The zero-order valence-corrected chi connectivity index (χ0v) is 12.9. The van der Waals surface area contributed by atoms with Gasteiger partial charge in [0, 0.05) is 37.9 Å². The van der Waals surface area contributed by atoms with Crippen molar-refractivity contribution in [1.29, 1.82) is 0 Å². The smallest absolute Gasteiger partial charge is 0.254 e. The summed E-state index contributed by atoms with van der Waals surface area (Å²) in [5.74, 6) is -0.193. The largest absolute Gasteiger partial charge is 0.351 e. The minimum atomic E-state index is -0.293. The van der Waals surface area contributed by atoms with E-state index in [1.807, 2.05) is 11.8 Å². The summed E-state index contributed by atoms with van der Waals surface area (Å²) in [6.45, 7) is 3.80. The molecular formula is C15H20ClN3O2. The Kier molecular flexibility index (Phi) is 5.56. The number of carbonyl (C=O) groups excluding carboxylic acids is 2. The summed E-state index contributed by atoms with van der Waals surface area (Å²) in [7, 11) is 0. The van der Waals surface area contributed by atoms with Gasteiger partial charge in [-0.05, 0) is 32.3 Å². The van der Waals surface area contributed by atoms with Crippen LogP contribution < -0.4 is 5.32 Å². The lowest BCUT2D eigenvalue weighted by atomic mass is 10.1. The highest BCUT2D eigenvalue weighted by Crippen LogP contribution is 2.15. The minimum absolute atomic E-state index is 0.100. The highest BCUT2D eigenvalue weighted by Gasteiger charge is 2.17. The Morgan fingerprint density at radius 2 is 2.05 bits per heavy atom. The number of nitrogens with zero attached hydrogens (tertiary/aromatic N) is 2. The van der Waals surface area contributed by atoms with Gasteiger partial charge in [-0.2, -0.15) is 0 Å². The van der Waals surface area contributed by atoms with Gasteiger partial charge in [-0.3, -0.25) is 14.6 Å². The van der Waals surface area contributed by atoms with Crippen molar-refractivity contribution < 1.29 is 9.59 Å². The number of hydrogen-bond donors (Lipinski definition) is 1. The predicted molar refractivity (Wildman–Crippen MR) is 81.4 cm³/mol. The zero-order chi connectivity index (χ0) is 15.2. The van der Waals surface area contributed by atoms with E-state index in [0.717, 1.165) is 31.6 Å². The Balaban J connectivity index is 1.79. The monoisotopic (exact) mass is 309 g/mol. The van der Waals surface area contributed by atoms with Crippen LogP contribution >= 0.6 is 11.6 Å². The molecule has 1 aromatic heterocycles. The van der Waals surface area contributed by atoms with E-state index in [-0.39, 0.29) is 11.8 Å². The number of halogens is 1. The number of nitrogens with one attached hydrogen (secondary N) is 1. The minimum Gasteiger partial charge on any atom is -0.351 e.